The lowest BCUT2D eigenvalue weighted by molar-refractivity contribution is 0.148. The summed E-state index contributed by atoms with van der Waals surface area (Å²) in [6.07, 6.45) is -1.85. The highest BCUT2D eigenvalue weighted by atomic mass is 127. The van der Waals surface area contributed by atoms with Crippen LogP contribution in [0.2, 0.25) is 0 Å². The average molecular weight is 321 g/mol. The number of nitrogens with zero attached hydrogens (tertiary/aromatic N) is 1. The van der Waals surface area contributed by atoms with E-state index in [1.807, 2.05) is 0 Å². The minimum Gasteiger partial charge on any atom is -0.256 e. The van der Waals surface area contributed by atoms with Gasteiger partial charge in [0, 0.05) is 0 Å². The van der Waals surface area contributed by atoms with Crippen LogP contribution in [0.3, 0.4) is 0 Å². The lowest BCUT2D eigenvalue weighted by Gasteiger charge is -2.07. The Morgan fingerprint density at radius 2 is 2.15 bits per heavy atom. The van der Waals surface area contributed by atoms with Crippen molar-refractivity contribution in [1.82, 2.24) is 4.98 Å². The number of alkyl halides is 3. The summed E-state index contributed by atoms with van der Waals surface area (Å²) in [5.41, 5.74) is -0.377. The second-order valence-electron chi connectivity index (χ2n) is 2.21. The molecule has 0 N–H and O–H groups in total. The van der Waals surface area contributed by atoms with Gasteiger partial charge < -0.3 is 0 Å². The molecule has 0 aromatic carbocycles. The van der Waals surface area contributed by atoms with E-state index in [2.05, 4.69) is 4.98 Å². The summed E-state index contributed by atoms with van der Waals surface area (Å²) in [6.45, 7) is 0. The van der Waals surface area contributed by atoms with Gasteiger partial charge in [-0.05, 0) is 22.6 Å². The maximum atomic E-state index is 12.8. The molecule has 0 fully saturated rings. The van der Waals surface area contributed by atoms with E-state index in [-0.39, 0.29) is 15.1 Å². The van der Waals surface area contributed by atoms with Crippen LogP contribution in [0.5, 0.6) is 0 Å². The fourth-order valence-corrected chi connectivity index (χ4v) is 1.74. The van der Waals surface area contributed by atoms with Crippen LogP contribution in [0.25, 0.3) is 0 Å². The number of rotatable bonds is 2. The molecule has 72 valence electrons. The standard InChI is InChI=1S/C7H4ClF3IN/c8-1-4-5(7(10)11)6(12)3(9)2-13-4/h2,7H,1H2. The van der Waals surface area contributed by atoms with E-state index < -0.39 is 17.8 Å². The molecule has 0 unspecified atom stereocenters. The van der Waals surface area contributed by atoms with Crippen molar-refractivity contribution in [3.05, 3.63) is 26.8 Å². The summed E-state index contributed by atoms with van der Waals surface area (Å²) in [4.78, 5) is 3.49. The van der Waals surface area contributed by atoms with Gasteiger partial charge in [-0.15, -0.1) is 11.6 Å². The molecule has 0 amide bonds. The first-order valence-electron chi connectivity index (χ1n) is 3.24. The highest BCUT2D eigenvalue weighted by Crippen LogP contribution is 2.29. The monoisotopic (exact) mass is 321 g/mol. The van der Waals surface area contributed by atoms with Crippen molar-refractivity contribution in [1.29, 1.82) is 0 Å². The van der Waals surface area contributed by atoms with Crippen LogP contribution in [0.1, 0.15) is 17.7 Å². The molecule has 1 aromatic rings. The summed E-state index contributed by atoms with van der Waals surface area (Å²) in [5.74, 6) is -0.888. The van der Waals surface area contributed by atoms with Crippen LogP contribution in [-0.2, 0) is 5.88 Å². The van der Waals surface area contributed by atoms with E-state index in [0.29, 0.717) is 0 Å². The Balaban J connectivity index is 3.32. The highest BCUT2D eigenvalue weighted by Gasteiger charge is 2.20. The molecule has 1 heterocycles. The maximum absolute atomic E-state index is 12.8. The Bertz CT molecular complexity index is 319. The third-order valence-corrected chi connectivity index (χ3v) is 2.79. The van der Waals surface area contributed by atoms with Crippen LogP contribution < -0.4 is 0 Å². The Morgan fingerprint density at radius 3 is 2.62 bits per heavy atom. The van der Waals surface area contributed by atoms with Gasteiger partial charge in [0.25, 0.3) is 6.43 Å². The lowest BCUT2D eigenvalue weighted by atomic mass is 10.2. The first-order valence-corrected chi connectivity index (χ1v) is 4.86. The van der Waals surface area contributed by atoms with Crippen LogP contribution in [0, 0.1) is 9.39 Å². The Morgan fingerprint density at radius 1 is 1.54 bits per heavy atom. The van der Waals surface area contributed by atoms with E-state index in [1.165, 1.54) is 22.6 Å². The van der Waals surface area contributed by atoms with Crippen molar-refractivity contribution < 1.29 is 13.2 Å². The molecule has 13 heavy (non-hydrogen) atoms. The topological polar surface area (TPSA) is 12.9 Å². The molecular weight excluding hydrogens is 317 g/mol. The van der Waals surface area contributed by atoms with E-state index in [9.17, 15) is 13.2 Å². The third kappa shape index (κ3) is 2.25. The number of hydrogen-bond acceptors (Lipinski definition) is 1. The molecule has 1 rings (SSSR count). The Kier molecular flexibility index (Phi) is 3.78. The van der Waals surface area contributed by atoms with Gasteiger partial charge >= 0.3 is 0 Å². The van der Waals surface area contributed by atoms with Crippen molar-refractivity contribution in [2.75, 3.05) is 0 Å². The minimum absolute atomic E-state index is 0.0301. The van der Waals surface area contributed by atoms with Gasteiger partial charge in [-0.1, -0.05) is 0 Å². The number of hydrogen-bond donors (Lipinski definition) is 0. The second kappa shape index (κ2) is 4.45. The zero-order valence-electron chi connectivity index (χ0n) is 6.20. The molecule has 0 saturated carbocycles. The summed E-state index contributed by atoms with van der Waals surface area (Å²) in [7, 11) is 0. The molecular formula is C7H4ClF3IN. The summed E-state index contributed by atoms with van der Waals surface area (Å²) in [6, 6.07) is 0. The van der Waals surface area contributed by atoms with E-state index in [1.54, 1.807) is 0 Å². The average Bonchev–Trinajstić information content (AvgIpc) is 2.08. The first kappa shape index (κ1) is 11.0. The largest absolute Gasteiger partial charge is 0.266 e. The lowest BCUT2D eigenvalue weighted by Crippen LogP contribution is -2.02. The van der Waals surface area contributed by atoms with Crippen molar-refractivity contribution in [2.45, 2.75) is 12.3 Å². The van der Waals surface area contributed by atoms with E-state index in [0.717, 1.165) is 6.20 Å². The van der Waals surface area contributed by atoms with E-state index in [4.69, 9.17) is 11.6 Å². The number of aromatic nitrogens is 1. The van der Waals surface area contributed by atoms with Gasteiger partial charge in [-0.2, -0.15) is 0 Å². The molecule has 0 saturated heterocycles. The fourth-order valence-electron chi connectivity index (χ4n) is 0.844. The third-order valence-electron chi connectivity index (χ3n) is 1.44. The zero-order valence-corrected chi connectivity index (χ0v) is 9.11. The summed E-state index contributed by atoms with van der Waals surface area (Å²) < 4.78 is 37.5. The van der Waals surface area contributed by atoms with Crippen molar-refractivity contribution in [3.8, 4) is 0 Å². The van der Waals surface area contributed by atoms with Gasteiger partial charge in [0.15, 0.2) is 5.82 Å². The molecule has 0 aliphatic heterocycles. The summed E-state index contributed by atoms with van der Waals surface area (Å²) in [5, 5.41) is 0. The predicted molar refractivity (Wildman–Crippen MR) is 51.4 cm³/mol. The first-order chi connectivity index (χ1) is 6.07. The Hall–Kier alpha value is -0.0400. The maximum Gasteiger partial charge on any atom is 0.266 e. The van der Waals surface area contributed by atoms with Crippen molar-refractivity contribution in [2.24, 2.45) is 0 Å². The van der Waals surface area contributed by atoms with Gasteiger partial charge in [0.1, 0.15) is 0 Å². The molecule has 0 bridgehead atoms. The van der Waals surface area contributed by atoms with Crippen LogP contribution in [0.15, 0.2) is 6.20 Å². The quantitative estimate of drug-likeness (QED) is 0.600. The number of pyridine rings is 1. The molecule has 0 spiro atoms. The van der Waals surface area contributed by atoms with Gasteiger partial charge in [-0.25, -0.2) is 13.2 Å². The molecule has 1 aromatic heterocycles. The Labute approximate surface area is 91.4 Å². The normalized spacial score (nSPS) is 10.9. The van der Waals surface area contributed by atoms with Crippen LogP contribution >= 0.6 is 34.2 Å². The minimum atomic E-state index is -2.75. The number of halogens is 5. The molecule has 1 nitrogen and oxygen atoms in total. The molecule has 6 heteroatoms. The molecule has 0 aliphatic rings. The highest BCUT2D eigenvalue weighted by molar-refractivity contribution is 14.1. The van der Waals surface area contributed by atoms with Crippen LogP contribution in [-0.4, -0.2) is 4.98 Å². The molecule has 0 aliphatic carbocycles. The second-order valence-corrected chi connectivity index (χ2v) is 3.56. The van der Waals surface area contributed by atoms with Crippen molar-refractivity contribution >= 4 is 34.2 Å². The van der Waals surface area contributed by atoms with Crippen molar-refractivity contribution in [3.63, 3.8) is 0 Å². The smallest absolute Gasteiger partial charge is 0.256 e. The van der Waals surface area contributed by atoms with Gasteiger partial charge in [0.05, 0.1) is 26.9 Å². The fraction of sp³-hybridized carbons (Fsp3) is 0.286. The van der Waals surface area contributed by atoms with E-state index >= 15 is 0 Å². The SMILES string of the molecule is Fc1cnc(CCl)c(C(F)F)c1I. The molecule has 0 atom stereocenters. The predicted octanol–water partition coefficient (Wildman–Crippen LogP) is 3.50. The van der Waals surface area contributed by atoms with Crippen LogP contribution in [0.4, 0.5) is 13.2 Å². The van der Waals surface area contributed by atoms with Gasteiger partial charge in [-0.3, -0.25) is 4.98 Å². The molecule has 0 radical (unpaired) electrons. The van der Waals surface area contributed by atoms with Gasteiger partial charge in [0.2, 0.25) is 0 Å². The summed E-state index contributed by atoms with van der Waals surface area (Å²) >= 11 is 6.89. The zero-order chi connectivity index (χ0) is 10.0.